The van der Waals surface area contributed by atoms with Crippen molar-refractivity contribution in [2.45, 2.75) is 18.9 Å². The SMILES string of the molecule is Cn1cnc(C(=O)N2CCC[C@H]2CO)c1. The van der Waals surface area contributed by atoms with Gasteiger partial charge in [0.25, 0.3) is 5.91 Å². The quantitative estimate of drug-likeness (QED) is 0.747. The van der Waals surface area contributed by atoms with Crippen molar-refractivity contribution < 1.29 is 9.90 Å². The summed E-state index contributed by atoms with van der Waals surface area (Å²) in [6, 6.07) is -0.0282. The van der Waals surface area contributed by atoms with E-state index in [1.807, 2.05) is 7.05 Å². The fourth-order valence-electron chi connectivity index (χ4n) is 1.96. The van der Waals surface area contributed by atoms with E-state index in [-0.39, 0.29) is 18.6 Å². The van der Waals surface area contributed by atoms with Crippen LogP contribution >= 0.6 is 0 Å². The van der Waals surface area contributed by atoms with Gasteiger partial charge in [-0.05, 0) is 12.8 Å². The first-order valence-corrected chi connectivity index (χ1v) is 5.12. The van der Waals surface area contributed by atoms with Crippen molar-refractivity contribution in [1.29, 1.82) is 0 Å². The Morgan fingerprint density at radius 2 is 2.53 bits per heavy atom. The first-order chi connectivity index (χ1) is 7.22. The van der Waals surface area contributed by atoms with Crippen LogP contribution in [-0.2, 0) is 7.05 Å². The molecule has 1 atom stereocenters. The third-order valence-electron chi connectivity index (χ3n) is 2.77. The van der Waals surface area contributed by atoms with Crippen LogP contribution in [0.3, 0.4) is 0 Å². The molecule has 0 aliphatic carbocycles. The molecule has 1 aromatic heterocycles. The molecule has 15 heavy (non-hydrogen) atoms. The van der Waals surface area contributed by atoms with E-state index >= 15 is 0 Å². The van der Waals surface area contributed by atoms with Crippen molar-refractivity contribution in [3.8, 4) is 0 Å². The number of carbonyl (C=O) groups excluding carboxylic acids is 1. The molecule has 1 aliphatic rings. The zero-order valence-electron chi connectivity index (χ0n) is 8.76. The molecule has 1 fully saturated rings. The monoisotopic (exact) mass is 209 g/mol. The van der Waals surface area contributed by atoms with Crippen LogP contribution in [0.4, 0.5) is 0 Å². The van der Waals surface area contributed by atoms with Crippen LogP contribution in [0.5, 0.6) is 0 Å². The van der Waals surface area contributed by atoms with Gasteiger partial charge in [-0.1, -0.05) is 0 Å². The maximum atomic E-state index is 12.0. The zero-order valence-corrected chi connectivity index (χ0v) is 8.76. The lowest BCUT2D eigenvalue weighted by atomic mass is 10.2. The molecule has 1 aromatic rings. The van der Waals surface area contributed by atoms with Crippen molar-refractivity contribution in [2.24, 2.45) is 7.05 Å². The summed E-state index contributed by atoms with van der Waals surface area (Å²) in [6.07, 6.45) is 5.16. The van der Waals surface area contributed by atoms with E-state index in [1.54, 1.807) is 22.0 Å². The molecule has 0 spiro atoms. The minimum atomic E-state index is -0.0767. The smallest absolute Gasteiger partial charge is 0.274 e. The highest BCUT2D eigenvalue weighted by molar-refractivity contribution is 5.92. The van der Waals surface area contributed by atoms with Gasteiger partial charge in [-0.15, -0.1) is 0 Å². The summed E-state index contributed by atoms with van der Waals surface area (Å²) in [5.74, 6) is -0.0767. The molecule has 0 saturated carbocycles. The third-order valence-corrected chi connectivity index (χ3v) is 2.77. The molecular formula is C10H15N3O2. The summed E-state index contributed by atoms with van der Waals surface area (Å²) in [7, 11) is 1.83. The number of aliphatic hydroxyl groups is 1. The number of aryl methyl sites for hydroxylation is 1. The second-order valence-electron chi connectivity index (χ2n) is 3.90. The number of aliphatic hydroxyl groups excluding tert-OH is 1. The number of likely N-dealkylation sites (tertiary alicyclic amines) is 1. The van der Waals surface area contributed by atoms with Crippen LogP contribution in [0.1, 0.15) is 23.3 Å². The van der Waals surface area contributed by atoms with Gasteiger partial charge < -0.3 is 14.6 Å². The van der Waals surface area contributed by atoms with Gasteiger partial charge in [-0.3, -0.25) is 4.79 Å². The van der Waals surface area contributed by atoms with E-state index in [0.29, 0.717) is 5.69 Å². The Kier molecular flexibility index (Phi) is 2.73. The summed E-state index contributed by atoms with van der Waals surface area (Å²) >= 11 is 0. The van der Waals surface area contributed by atoms with Gasteiger partial charge in [0.15, 0.2) is 0 Å². The normalized spacial score (nSPS) is 20.9. The topological polar surface area (TPSA) is 58.4 Å². The van der Waals surface area contributed by atoms with Crippen molar-refractivity contribution >= 4 is 5.91 Å². The average Bonchev–Trinajstić information content (AvgIpc) is 2.84. The number of hydrogen-bond donors (Lipinski definition) is 1. The van der Waals surface area contributed by atoms with Gasteiger partial charge in [0.2, 0.25) is 0 Å². The molecule has 0 radical (unpaired) electrons. The first kappa shape index (κ1) is 10.2. The van der Waals surface area contributed by atoms with Gasteiger partial charge in [0.1, 0.15) is 5.69 Å². The summed E-state index contributed by atoms with van der Waals surface area (Å²) in [5, 5.41) is 9.12. The second kappa shape index (κ2) is 4.02. The molecule has 1 saturated heterocycles. The summed E-state index contributed by atoms with van der Waals surface area (Å²) < 4.78 is 1.75. The van der Waals surface area contributed by atoms with Gasteiger partial charge in [0, 0.05) is 19.8 Å². The standard InChI is InChI=1S/C10H15N3O2/c1-12-5-9(11-7-12)10(15)13-4-2-3-8(13)6-14/h5,7-8,14H,2-4,6H2,1H3/t8-/m0/s1. The van der Waals surface area contributed by atoms with Gasteiger partial charge in [0.05, 0.1) is 19.0 Å². The predicted molar refractivity (Wildman–Crippen MR) is 54.4 cm³/mol. The van der Waals surface area contributed by atoms with Gasteiger partial charge in [-0.2, -0.15) is 0 Å². The lowest BCUT2D eigenvalue weighted by Crippen LogP contribution is -2.37. The first-order valence-electron chi connectivity index (χ1n) is 5.12. The van der Waals surface area contributed by atoms with Crippen LogP contribution < -0.4 is 0 Å². The average molecular weight is 209 g/mol. The molecule has 1 amide bonds. The van der Waals surface area contributed by atoms with Crippen LogP contribution in [0.2, 0.25) is 0 Å². The van der Waals surface area contributed by atoms with E-state index in [9.17, 15) is 4.79 Å². The van der Waals surface area contributed by atoms with E-state index < -0.39 is 0 Å². The molecule has 0 aromatic carbocycles. The highest BCUT2D eigenvalue weighted by Crippen LogP contribution is 2.18. The largest absolute Gasteiger partial charge is 0.394 e. The Hall–Kier alpha value is -1.36. The maximum absolute atomic E-state index is 12.0. The number of carbonyl (C=O) groups is 1. The van der Waals surface area contributed by atoms with Crippen molar-refractivity contribution in [1.82, 2.24) is 14.5 Å². The van der Waals surface area contributed by atoms with Crippen LogP contribution in [0.25, 0.3) is 0 Å². The lowest BCUT2D eigenvalue weighted by molar-refractivity contribution is 0.0672. The Bertz CT molecular complexity index is 361. The summed E-state index contributed by atoms with van der Waals surface area (Å²) in [5.41, 5.74) is 0.456. The molecule has 2 heterocycles. The van der Waals surface area contributed by atoms with Gasteiger partial charge in [-0.25, -0.2) is 4.98 Å². The highest BCUT2D eigenvalue weighted by Gasteiger charge is 2.29. The predicted octanol–water partition coefficient (Wildman–Crippen LogP) is 0.0170. The van der Waals surface area contributed by atoms with E-state index in [4.69, 9.17) is 5.11 Å². The Morgan fingerprint density at radius 1 is 1.73 bits per heavy atom. The van der Waals surface area contributed by atoms with Crippen molar-refractivity contribution in [3.05, 3.63) is 18.2 Å². The molecule has 5 nitrogen and oxygen atoms in total. The highest BCUT2D eigenvalue weighted by atomic mass is 16.3. The molecule has 0 bridgehead atoms. The Labute approximate surface area is 88.3 Å². The number of nitrogens with zero attached hydrogens (tertiary/aromatic N) is 3. The number of amides is 1. The minimum Gasteiger partial charge on any atom is -0.394 e. The van der Waals surface area contributed by atoms with E-state index in [2.05, 4.69) is 4.98 Å². The van der Waals surface area contributed by atoms with E-state index in [1.165, 1.54) is 0 Å². The van der Waals surface area contributed by atoms with Crippen LogP contribution in [0.15, 0.2) is 12.5 Å². The van der Waals surface area contributed by atoms with Crippen LogP contribution in [-0.4, -0.2) is 44.7 Å². The number of aromatic nitrogens is 2. The molecule has 2 rings (SSSR count). The Balaban J connectivity index is 2.13. The number of hydrogen-bond acceptors (Lipinski definition) is 3. The fraction of sp³-hybridized carbons (Fsp3) is 0.600. The van der Waals surface area contributed by atoms with Crippen molar-refractivity contribution in [3.63, 3.8) is 0 Å². The molecular weight excluding hydrogens is 194 g/mol. The molecule has 82 valence electrons. The number of imidazole rings is 1. The Morgan fingerprint density at radius 3 is 3.13 bits per heavy atom. The molecule has 5 heteroatoms. The maximum Gasteiger partial charge on any atom is 0.274 e. The summed E-state index contributed by atoms with van der Waals surface area (Å²) in [4.78, 5) is 17.7. The van der Waals surface area contributed by atoms with Crippen LogP contribution in [0, 0.1) is 0 Å². The lowest BCUT2D eigenvalue weighted by Gasteiger charge is -2.21. The third kappa shape index (κ3) is 1.87. The van der Waals surface area contributed by atoms with Gasteiger partial charge >= 0.3 is 0 Å². The minimum absolute atomic E-state index is 0.0282. The van der Waals surface area contributed by atoms with Crippen molar-refractivity contribution in [2.75, 3.05) is 13.2 Å². The molecule has 0 unspecified atom stereocenters. The second-order valence-corrected chi connectivity index (χ2v) is 3.90. The molecule has 1 N–H and O–H groups in total. The fourth-order valence-corrected chi connectivity index (χ4v) is 1.96. The number of rotatable bonds is 2. The summed E-state index contributed by atoms with van der Waals surface area (Å²) in [6.45, 7) is 0.763. The molecule has 1 aliphatic heterocycles. The zero-order chi connectivity index (χ0) is 10.8. The van der Waals surface area contributed by atoms with E-state index in [0.717, 1.165) is 19.4 Å².